The van der Waals surface area contributed by atoms with Gasteiger partial charge in [0.15, 0.2) is 0 Å². The Bertz CT molecular complexity index is 1510. The summed E-state index contributed by atoms with van der Waals surface area (Å²) < 4.78 is 25.3. The fraction of sp³-hybridized carbons (Fsp3) is 0.364. The Balaban J connectivity index is -0.000000634. The van der Waals surface area contributed by atoms with Crippen LogP contribution in [0.25, 0.3) is 26.4 Å². The van der Waals surface area contributed by atoms with Crippen molar-refractivity contribution in [3.8, 4) is 17.2 Å². The third-order valence-corrected chi connectivity index (χ3v) is 5.77. The second-order valence-electron chi connectivity index (χ2n) is 8.51. The van der Waals surface area contributed by atoms with Gasteiger partial charge in [0.05, 0.1) is 46.2 Å². The average Bonchev–Trinajstić information content (AvgIpc) is 3.14. The Morgan fingerprint density at radius 1 is 0.673 bits per heavy atom. The Morgan fingerprint density at radius 2 is 1.04 bits per heavy atom. The predicted octanol–water partition coefficient (Wildman–Crippen LogP) is 5.00. The molecule has 0 bridgehead atoms. The number of benzene rings is 3. The molecule has 0 aliphatic carbocycles. The number of aromatic hydroxyl groups is 1. The van der Waals surface area contributed by atoms with Gasteiger partial charge < -0.3 is 45.0 Å². The number of alkyl halides is 2. The summed E-state index contributed by atoms with van der Waals surface area (Å²) in [7, 11) is 0. The van der Waals surface area contributed by atoms with Crippen molar-refractivity contribution in [2.75, 3.05) is 56.8 Å². The van der Waals surface area contributed by atoms with Crippen molar-refractivity contribution < 1.29 is 77.8 Å². The van der Waals surface area contributed by atoms with Gasteiger partial charge in [-0.05, 0) is 62.7 Å². The van der Waals surface area contributed by atoms with Crippen LogP contribution in [-0.2, 0) is 14.2 Å². The molecule has 0 spiro atoms. The molecule has 3 aromatic carbocycles. The zero-order chi connectivity index (χ0) is 38.7. The number of phenols is 1. The van der Waals surface area contributed by atoms with Crippen LogP contribution in [0.3, 0.4) is 0 Å². The Kier molecular flexibility index (Phi) is 37.1. The van der Waals surface area contributed by atoms with Crippen LogP contribution in [0.15, 0.2) is 77.9 Å². The van der Waals surface area contributed by atoms with Crippen LogP contribution in [-0.4, -0.2) is 85.0 Å². The first-order chi connectivity index (χ1) is 24.7. The minimum absolute atomic E-state index is 0. The van der Waals surface area contributed by atoms with Gasteiger partial charge in [-0.15, -0.1) is 0 Å². The summed E-state index contributed by atoms with van der Waals surface area (Å²) in [6.07, 6.45) is 0. The van der Waals surface area contributed by atoms with Gasteiger partial charge in [0, 0.05) is 15.6 Å². The number of hydrogen-bond donors (Lipinski definition) is 2. The van der Waals surface area contributed by atoms with Gasteiger partial charge in [-0.1, -0.05) is 73.4 Å². The molecule has 0 heterocycles. The topological polar surface area (TPSA) is 245 Å². The molecule has 16 nitrogen and oxygen atoms in total. The molecule has 0 amide bonds. The van der Waals surface area contributed by atoms with Gasteiger partial charge in [-0.3, -0.25) is 4.91 Å². The smallest absolute Gasteiger partial charge is 0.507 e. The normalized spacial score (nSPS) is 8.73. The number of nitrogens with zero attached hydrogens (tertiary/aromatic N) is 6. The number of phenolic OH excluding ortho intramolecular Hbond substituents is 1. The maximum Gasteiger partial charge on any atom is 1.00 e. The number of ether oxygens (including phenoxy) is 5. The molecule has 3 aromatic rings. The second kappa shape index (κ2) is 36.8. The minimum Gasteiger partial charge on any atom is -0.507 e. The fourth-order valence-electron chi connectivity index (χ4n) is 3.18. The van der Waals surface area contributed by atoms with Crippen LogP contribution in [0.1, 0.15) is 51.8 Å². The summed E-state index contributed by atoms with van der Waals surface area (Å²) in [5.41, 5.74) is 22.7. The largest absolute Gasteiger partial charge is 1.00 e. The number of rotatable bonds is 14. The number of aliphatic hydroxyl groups excluding tert-OH is 1. The fourth-order valence-corrected chi connectivity index (χ4v) is 3.35. The number of esters is 3. The maximum atomic E-state index is 11.6. The number of aliphatic hydroxyl groups is 1. The summed E-state index contributed by atoms with van der Waals surface area (Å²) in [6.45, 7) is 7.43. The van der Waals surface area contributed by atoms with E-state index in [-0.39, 0.29) is 66.6 Å². The molecule has 52 heavy (non-hydrogen) atoms. The summed E-state index contributed by atoms with van der Waals surface area (Å²) in [5, 5.41) is 21.8. The van der Waals surface area contributed by atoms with E-state index in [1.807, 2.05) is 6.07 Å². The number of hydrogen-bond acceptors (Lipinski definition) is 11. The monoisotopic (exact) mass is 862 g/mol. The van der Waals surface area contributed by atoms with Gasteiger partial charge in [0.25, 0.3) is 0 Å². The zero-order valence-corrected chi connectivity index (χ0v) is 34.6. The van der Waals surface area contributed by atoms with E-state index in [2.05, 4.69) is 41.9 Å². The second-order valence-corrected chi connectivity index (χ2v) is 10.1. The van der Waals surface area contributed by atoms with Crippen molar-refractivity contribution in [3.63, 3.8) is 0 Å². The van der Waals surface area contributed by atoms with Gasteiger partial charge in [0.2, 0.25) is 0 Å². The molecule has 0 radical (unpaired) electrons. The minimum atomic E-state index is -0.490. The molecule has 0 saturated heterocycles. The van der Waals surface area contributed by atoms with Crippen LogP contribution >= 0.6 is 31.9 Å². The van der Waals surface area contributed by atoms with E-state index in [1.165, 1.54) is 17.0 Å². The molecule has 0 aliphatic heterocycles. The summed E-state index contributed by atoms with van der Waals surface area (Å²) >= 11 is 6.26. The van der Waals surface area contributed by atoms with E-state index >= 15 is 0 Å². The van der Waals surface area contributed by atoms with Gasteiger partial charge >= 0.3 is 47.5 Å². The third kappa shape index (κ3) is 25.0. The number of carbonyl (C=O) groups excluding carboxylic acids is 3. The quantitative estimate of drug-likeness (QED) is 0.0321. The van der Waals surface area contributed by atoms with Gasteiger partial charge in [0.1, 0.15) is 33.9 Å². The number of halogens is 2. The van der Waals surface area contributed by atoms with E-state index in [0.29, 0.717) is 54.4 Å². The van der Waals surface area contributed by atoms with Gasteiger partial charge in [-0.2, -0.15) is 0 Å². The Labute approximate surface area is 341 Å². The van der Waals surface area contributed by atoms with Crippen molar-refractivity contribution in [1.29, 1.82) is 0 Å². The number of azide groups is 1. The first-order valence-electron chi connectivity index (χ1n) is 15.1. The molecule has 0 saturated carbocycles. The first-order valence-corrected chi connectivity index (χ1v) is 17.4. The summed E-state index contributed by atoms with van der Waals surface area (Å²) in [5.74, 6) is -0.310. The van der Waals surface area contributed by atoms with E-state index < -0.39 is 11.9 Å². The number of para-hydroxylation sites is 3. The van der Waals surface area contributed by atoms with Crippen LogP contribution in [0.5, 0.6) is 17.2 Å². The standard InChI is InChI=1S/C11H13BrO3.C11H13N3O3.C9H10O3.C2H5BrO.N3.Na/c1-2-14-11(13)9-5-3-4-6-10(9)15-8-7-12;1-2-16-11(15)9-5-3-4-6-10(9)17-8-7-13-14-12;1-2-12-9(11)7-5-3-4-6-8(7)10;3-1-2-4;1-3-2;/h3-6H,2,7-8H2,1H3;3-6H,2,7-8H2,1H3;3-6,10H,2H2,1H3;4H,1-2H2;;/q;;;;-1;+1. The molecule has 19 heteroatoms. The molecular formula is C33H41Br2N6NaO10. The van der Waals surface area contributed by atoms with Crippen LogP contribution in [0.2, 0.25) is 0 Å². The van der Waals surface area contributed by atoms with Crippen LogP contribution in [0, 0.1) is 0 Å². The Morgan fingerprint density at radius 3 is 1.40 bits per heavy atom. The zero-order valence-electron chi connectivity index (χ0n) is 29.4. The average molecular weight is 865 g/mol. The van der Waals surface area contributed by atoms with Crippen molar-refractivity contribution in [2.24, 2.45) is 5.11 Å². The first kappa shape index (κ1) is 52.4. The van der Waals surface area contributed by atoms with Crippen LogP contribution in [0.4, 0.5) is 0 Å². The van der Waals surface area contributed by atoms with E-state index in [0.717, 1.165) is 5.33 Å². The van der Waals surface area contributed by atoms with Crippen molar-refractivity contribution in [1.82, 2.24) is 0 Å². The molecule has 3 rings (SSSR count). The van der Waals surface area contributed by atoms with Crippen molar-refractivity contribution >= 4 is 49.8 Å². The summed E-state index contributed by atoms with van der Waals surface area (Å²) in [6, 6.07) is 20.1. The molecule has 0 unspecified atom stereocenters. The van der Waals surface area contributed by atoms with Crippen LogP contribution < -0.4 is 39.0 Å². The molecular weight excluding hydrogens is 823 g/mol. The SMILES string of the molecule is CCOC(=O)c1ccccc1O.CCOC(=O)c1ccccc1OCCBr.CCOC(=O)c1ccccc1OCCN=[N+]=[N-].OCCBr.[N-]=[N+]=[N-].[Na+]. The van der Waals surface area contributed by atoms with E-state index in [9.17, 15) is 19.5 Å². The molecule has 2 N–H and O–H groups in total. The molecule has 0 aliphatic rings. The Hall–Kier alpha value is -3.99. The summed E-state index contributed by atoms with van der Waals surface area (Å²) in [4.78, 5) is 38.3. The molecule has 0 fully saturated rings. The van der Waals surface area contributed by atoms with E-state index in [4.69, 9.17) is 45.4 Å². The predicted molar refractivity (Wildman–Crippen MR) is 199 cm³/mol. The molecule has 0 aromatic heterocycles. The third-order valence-electron chi connectivity index (χ3n) is 5.10. The van der Waals surface area contributed by atoms with Gasteiger partial charge in [-0.25, -0.2) is 14.4 Å². The maximum absolute atomic E-state index is 11.6. The number of carbonyl (C=O) groups is 3. The van der Waals surface area contributed by atoms with Crippen molar-refractivity contribution in [2.45, 2.75) is 20.8 Å². The van der Waals surface area contributed by atoms with E-state index in [1.54, 1.807) is 75.4 Å². The van der Waals surface area contributed by atoms with Crippen molar-refractivity contribution in [3.05, 3.63) is 116 Å². The molecule has 0 atom stereocenters. The molecule has 278 valence electrons.